The van der Waals surface area contributed by atoms with Crippen LogP contribution in [0.5, 0.6) is 5.75 Å². The Morgan fingerprint density at radius 2 is 2.00 bits per heavy atom. The summed E-state index contributed by atoms with van der Waals surface area (Å²) in [5.41, 5.74) is 4.41. The van der Waals surface area contributed by atoms with Crippen LogP contribution in [0.25, 0.3) is 11.0 Å². The number of carbonyl (C=O) groups excluding carboxylic acids is 1. The molecule has 2 heterocycles. The van der Waals surface area contributed by atoms with Crippen molar-refractivity contribution in [3.8, 4) is 5.75 Å². The van der Waals surface area contributed by atoms with Crippen molar-refractivity contribution in [2.75, 3.05) is 19.7 Å². The Morgan fingerprint density at radius 1 is 1.18 bits per heavy atom. The van der Waals surface area contributed by atoms with Crippen molar-refractivity contribution in [3.05, 3.63) is 59.4 Å². The zero-order valence-electron chi connectivity index (χ0n) is 16.8. The van der Waals surface area contributed by atoms with Crippen molar-refractivity contribution < 1.29 is 9.53 Å². The van der Waals surface area contributed by atoms with Crippen LogP contribution < -0.4 is 4.74 Å². The van der Waals surface area contributed by atoms with E-state index in [0.717, 1.165) is 41.3 Å². The number of hydrogen-bond donors (Lipinski definition) is 0. The van der Waals surface area contributed by atoms with Crippen LogP contribution in [0.4, 0.5) is 0 Å². The van der Waals surface area contributed by atoms with E-state index in [-0.39, 0.29) is 11.8 Å². The maximum absolute atomic E-state index is 12.2. The van der Waals surface area contributed by atoms with Crippen LogP contribution in [-0.2, 0) is 11.3 Å². The van der Waals surface area contributed by atoms with Gasteiger partial charge in [-0.3, -0.25) is 4.79 Å². The van der Waals surface area contributed by atoms with Gasteiger partial charge in [-0.05, 0) is 50.1 Å². The summed E-state index contributed by atoms with van der Waals surface area (Å²) in [6.07, 6.45) is 0.537. The molecule has 0 bridgehead atoms. The Kier molecular flexibility index (Phi) is 5.07. The van der Waals surface area contributed by atoms with Crippen LogP contribution in [0, 0.1) is 13.8 Å². The first-order valence-corrected chi connectivity index (χ1v) is 9.99. The number of benzene rings is 2. The van der Waals surface area contributed by atoms with E-state index in [4.69, 9.17) is 9.72 Å². The lowest BCUT2D eigenvalue weighted by molar-refractivity contribution is -0.127. The quantitative estimate of drug-likeness (QED) is 0.651. The summed E-state index contributed by atoms with van der Waals surface area (Å²) in [4.78, 5) is 19.0. The van der Waals surface area contributed by atoms with Gasteiger partial charge in [-0.2, -0.15) is 0 Å². The molecule has 2 aromatic carbocycles. The lowest BCUT2D eigenvalue weighted by atomic mass is 10.1. The number of fused-ring (bicyclic) bond motifs is 1. The third-order valence-corrected chi connectivity index (χ3v) is 5.56. The summed E-state index contributed by atoms with van der Waals surface area (Å²) in [6, 6.07) is 14.4. The Labute approximate surface area is 165 Å². The van der Waals surface area contributed by atoms with Crippen molar-refractivity contribution in [2.24, 2.45) is 0 Å². The van der Waals surface area contributed by atoms with E-state index in [0.29, 0.717) is 19.6 Å². The van der Waals surface area contributed by atoms with E-state index in [9.17, 15) is 4.79 Å². The van der Waals surface area contributed by atoms with Crippen LogP contribution >= 0.6 is 0 Å². The topological polar surface area (TPSA) is 47.4 Å². The van der Waals surface area contributed by atoms with Gasteiger partial charge in [0.15, 0.2) is 0 Å². The highest BCUT2D eigenvalue weighted by Gasteiger charge is 2.33. The molecule has 1 aliphatic heterocycles. The summed E-state index contributed by atoms with van der Waals surface area (Å²) in [5.74, 6) is 2.28. The van der Waals surface area contributed by atoms with Gasteiger partial charge in [-0.15, -0.1) is 0 Å². The van der Waals surface area contributed by atoms with E-state index in [1.807, 2.05) is 30.0 Å². The molecule has 1 atom stereocenters. The normalized spacial score (nSPS) is 16.9. The van der Waals surface area contributed by atoms with E-state index < -0.39 is 0 Å². The van der Waals surface area contributed by atoms with Crippen molar-refractivity contribution in [1.82, 2.24) is 14.5 Å². The van der Waals surface area contributed by atoms with Crippen LogP contribution in [0.1, 0.15) is 36.2 Å². The summed E-state index contributed by atoms with van der Waals surface area (Å²) in [6.45, 7) is 8.94. The minimum Gasteiger partial charge on any atom is -0.491 e. The third kappa shape index (κ3) is 3.49. The molecule has 146 valence electrons. The SMILES string of the molecule is CCN1CC(c2nc3ccccc3n2CCOc2cc(C)ccc2C)CC1=O. The van der Waals surface area contributed by atoms with Crippen LogP contribution in [0.2, 0.25) is 0 Å². The van der Waals surface area contributed by atoms with Crippen molar-refractivity contribution in [2.45, 2.75) is 39.7 Å². The number of likely N-dealkylation sites (N-methyl/N-ethyl adjacent to an activating group) is 1. The minimum absolute atomic E-state index is 0.139. The van der Waals surface area contributed by atoms with Gasteiger partial charge in [-0.25, -0.2) is 4.98 Å². The molecule has 0 saturated carbocycles. The predicted molar refractivity (Wildman–Crippen MR) is 111 cm³/mol. The number of aryl methyl sites for hydroxylation is 2. The summed E-state index contributed by atoms with van der Waals surface area (Å²) >= 11 is 0. The number of nitrogens with zero attached hydrogens (tertiary/aromatic N) is 3. The molecule has 0 N–H and O–H groups in total. The molecule has 5 nitrogen and oxygen atoms in total. The van der Waals surface area contributed by atoms with Gasteiger partial charge >= 0.3 is 0 Å². The minimum atomic E-state index is 0.139. The van der Waals surface area contributed by atoms with E-state index in [1.165, 1.54) is 5.56 Å². The first-order chi connectivity index (χ1) is 13.6. The smallest absolute Gasteiger partial charge is 0.223 e. The van der Waals surface area contributed by atoms with Crippen LogP contribution in [-0.4, -0.2) is 40.1 Å². The Balaban J connectivity index is 1.59. The van der Waals surface area contributed by atoms with Crippen LogP contribution in [0.3, 0.4) is 0 Å². The van der Waals surface area contributed by atoms with Crippen LogP contribution in [0.15, 0.2) is 42.5 Å². The van der Waals surface area contributed by atoms with E-state index >= 15 is 0 Å². The number of aromatic nitrogens is 2. The number of carbonyl (C=O) groups is 1. The standard InChI is InChI=1S/C23H27N3O2/c1-4-25-15-18(14-22(25)27)23-24-19-7-5-6-8-20(19)26(23)11-12-28-21-13-16(2)9-10-17(21)3/h5-10,13,18H,4,11-12,14-15H2,1-3H3. The first kappa shape index (κ1) is 18.5. The van der Waals surface area contributed by atoms with E-state index in [1.54, 1.807) is 0 Å². The second-order valence-electron chi connectivity index (χ2n) is 7.56. The zero-order valence-corrected chi connectivity index (χ0v) is 16.8. The number of rotatable bonds is 6. The van der Waals surface area contributed by atoms with E-state index in [2.05, 4.69) is 42.7 Å². The monoisotopic (exact) mass is 377 g/mol. The van der Waals surface area contributed by atoms with Gasteiger partial charge in [0.25, 0.3) is 0 Å². The molecule has 5 heteroatoms. The first-order valence-electron chi connectivity index (χ1n) is 9.99. The average Bonchev–Trinajstić information content (AvgIpc) is 3.25. The molecular weight excluding hydrogens is 350 g/mol. The Hall–Kier alpha value is -2.82. The number of amides is 1. The average molecular weight is 377 g/mol. The molecule has 1 aromatic heterocycles. The summed E-state index contributed by atoms with van der Waals surface area (Å²) in [5, 5.41) is 0. The van der Waals surface area contributed by atoms with Crippen molar-refractivity contribution in [3.63, 3.8) is 0 Å². The fourth-order valence-electron chi connectivity index (χ4n) is 4.00. The highest BCUT2D eigenvalue weighted by molar-refractivity contribution is 5.80. The molecule has 1 aliphatic rings. The summed E-state index contributed by atoms with van der Waals surface area (Å²) in [7, 11) is 0. The van der Waals surface area contributed by atoms with Gasteiger partial charge in [0.05, 0.1) is 17.6 Å². The fraction of sp³-hybridized carbons (Fsp3) is 0.391. The zero-order chi connectivity index (χ0) is 19.7. The maximum Gasteiger partial charge on any atom is 0.223 e. The second kappa shape index (κ2) is 7.66. The lowest BCUT2D eigenvalue weighted by Gasteiger charge is -2.16. The Morgan fingerprint density at radius 3 is 2.79 bits per heavy atom. The Bertz CT molecular complexity index is 1010. The molecule has 4 rings (SSSR count). The molecule has 3 aromatic rings. The fourth-order valence-corrected chi connectivity index (χ4v) is 4.00. The number of hydrogen-bond acceptors (Lipinski definition) is 3. The number of imidazole rings is 1. The molecule has 0 aliphatic carbocycles. The molecule has 1 saturated heterocycles. The maximum atomic E-state index is 12.2. The second-order valence-corrected chi connectivity index (χ2v) is 7.56. The molecule has 0 radical (unpaired) electrons. The third-order valence-electron chi connectivity index (χ3n) is 5.56. The van der Waals surface area contributed by atoms with Gasteiger partial charge in [0.2, 0.25) is 5.91 Å². The lowest BCUT2D eigenvalue weighted by Crippen LogP contribution is -2.24. The van der Waals surface area contributed by atoms with Gasteiger partial charge in [0.1, 0.15) is 18.2 Å². The number of para-hydroxylation sites is 2. The molecule has 1 amide bonds. The van der Waals surface area contributed by atoms with Crippen molar-refractivity contribution >= 4 is 16.9 Å². The number of ether oxygens (including phenoxy) is 1. The predicted octanol–water partition coefficient (Wildman–Crippen LogP) is 4.07. The number of likely N-dealkylation sites (tertiary alicyclic amines) is 1. The summed E-state index contributed by atoms with van der Waals surface area (Å²) < 4.78 is 8.33. The van der Waals surface area contributed by atoms with Gasteiger partial charge in [-0.1, -0.05) is 24.3 Å². The van der Waals surface area contributed by atoms with Crippen molar-refractivity contribution in [1.29, 1.82) is 0 Å². The highest BCUT2D eigenvalue weighted by Crippen LogP contribution is 2.30. The molecule has 1 fully saturated rings. The largest absolute Gasteiger partial charge is 0.491 e. The molecule has 1 unspecified atom stereocenters. The molecule has 0 spiro atoms. The molecule has 28 heavy (non-hydrogen) atoms. The molecular formula is C23H27N3O2. The van der Waals surface area contributed by atoms with Gasteiger partial charge < -0.3 is 14.2 Å². The highest BCUT2D eigenvalue weighted by atomic mass is 16.5. The van der Waals surface area contributed by atoms with Gasteiger partial charge in [0, 0.05) is 25.4 Å².